The molecule has 1 N–H and O–H groups in total. The van der Waals surface area contributed by atoms with Crippen LogP contribution in [0.1, 0.15) is 6.42 Å². The third-order valence-corrected chi connectivity index (χ3v) is 4.32. The molecule has 0 amide bonds. The number of methoxy groups -OCH3 is 2. The van der Waals surface area contributed by atoms with Crippen molar-refractivity contribution in [2.45, 2.75) is 6.42 Å². The van der Waals surface area contributed by atoms with Gasteiger partial charge in [-0.1, -0.05) is 11.6 Å². The SMILES string of the molecule is COc1cc(Nc2ncnc3cc(OCCCCl)c(OC)cc23)c(Cl)cn1. The van der Waals surface area contributed by atoms with Gasteiger partial charge in [-0.2, -0.15) is 0 Å². The van der Waals surface area contributed by atoms with Crippen LogP contribution in [0.25, 0.3) is 10.9 Å². The number of pyridine rings is 1. The second-order valence-corrected chi connectivity index (χ2v) is 6.25. The molecular formula is C18H18Cl2N4O3. The van der Waals surface area contributed by atoms with Crippen LogP contribution in [0.4, 0.5) is 11.5 Å². The fraction of sp³-hybridized carbons (Fsp3) is 0.278. The number of hydrogen-bond donors (Lipinski definition) is 1. The summed E-state index contributed by atoms with van der Waals surface area (Å²) in [5.41, 5.74) is 1.32. The first kappa shape index (κ1) is 19.3. The summed E-state index contributed by atoms with van der Waals surface area (Å²) < 4.78 is 16.3. The van der Waals surface area contributed by atoms with Gasteiger partial charge in [-0.05, 0) is 12.5 Å². The molecule has 0 spiro atoms. The van der Waals surface area contributed by atoms with Crippen molar-refractivity contribution in [3.63, 3.8) is 0 Å². The molecule has 0 atom stereocenters. The molecule has 1 aromatic carbocycles. The van der Waals surface area contributed by atoms with Crippen LogP contribution in [-0.2, 0) is 0 Å². The minimum absolute atomic E-state index is 0.438. The number of hydrogen-bond acceptors (Lipinski definition) is 7. The van der Waals surface area contributed by atoms with Crippen molar-refractivity contribution in [3.8, 4) is 17.4 Å². The van der Waals surface area contributed by atoms with Crippen molar-refractivity contribution >= 4 is 45.6 Å². The summed E-state index contributed by atoms with van der Waals surface area (Å²) in [5.74, 6) is 2.72. The fourth-order valence-electron chi connectivity index (χ4n) is 2.43. The molecule has 0 aliphatic carbocycles. The van der Waals surface area contributed by atoms with Crippen LogP contribution >= 0.6 is 23.2 Å². The lowest BCUT2D eigenvalue weighted by Crippen LogP contribution is -2.02. The van der Waals surface area contributed by atoms with Crippen molar-refractivity contribution < 1.29 is 14.2 Å². The standard InChI is InChI=1S/C18H18Cl2N4O3/c1-25-15-6-11-13(7-16(15)27-5-3-4-19)22-10-23-18(11)24-14-8-17(26-2)21-9-12(14)20/h6-10H,3-5H2,1-2H3,(H,21,22,23,24). The highest BCUT2D eigenvalue weighted by Gasteiger charge is 2.13. The number of rotatable bonds is 8. The Bertz CT molecular complexity index is 940. The van der Waals surface area contributed by atoms with Gasteiger partial charge in [0, 0.05) is 23.4 Å². The van der Waals surface area contributed by atoms with Crippen LogP contribution in [0, 0.1) is 0 Å². The zero-order valence-corrected chi connectivity index (χ0v) is 16.3. The van der Waals surface area contributed by atoms with Gasteiger partial charge < -0.3 is 19.5 Å². The van der Waals surface area contributed by atoms with Crippen LogP contribution < -0.4 is 19.5 Å². The molecule has 0 saturated carbocycles. The molecule has 142 valence electrons. The summed E-state index contributed by atoms with van der Waals surface area (Å²) in [6, 6.07) is 5.32. The third kappa shape index (κ3) is 4.43. The fourth-order valence-corrected chi connectivity index (χ4v) is 2.69. The van der Waals surface area contributed by atoms with Gasteiger partial charge in [0.05, 0.1) is 43.3 Å². The van der Waals surface area contributed by atoms with E-state index in [0.717, 1.165) is 11.8 Å². The molecule has 27 heavy (non-hydrogen) atoms. The van der Waals surface area contributed by atoms with E-state index in [9.17, 15) is 0 Å². The average molecular weight is 409 g/mol. The molecule has 0 aliphatic rings. The average Bonchev–Trinajstić information content (AvgIpc) is 2.69. The van der Waals surface area contributed by atoms with E-state index in [4.69, 9.17) is 37.4 Å². The quantitative estimate of drug-likeness (QED) is 0.435. The Balaban J connectivity index is 1.99. The second-order valence-electron chi connectivity index (χ2n) is 5.47. The minimum atomic E-state index is 0.438. The molecule has 0 fully saturated rings. The normalized spacial score (nSPS) is 10.7. The second kappa shape index (κ2) is 8.92. The Kier molecular flexibility index (Phi) is 6.36. The van der Waals surface area contributed by atoms with Gasteiger partial charge in [0.15, 0.2) is 11.5 Å². The number of alkyl halides is 1. The van der Waals surface area contributed by atoms with Crippen LogP contribution in [0.5, 0.6) is 17.4 Å². The maximum absolute atomic E-state index is 6.23. The number of ether oxygens (including phenoxy) is 3. The van der Waals surface area contributed by atoms with E-state index < -0.39 is 0 Å². The van der Waals surface area contributed by atoms with Gasteiger partial charge >= 0.3 is 0 Å². The lowest BCUT2D eigenvalue weighted by atomic mass is 10.2. The number of aromatic nitrogens is 3. The lowest BCUT2D eigenvalue weighted by Gasteiger charge is -2.14. The van der Waals surface area contributed by atoms with E-state index in [-0.39, 0.29) is 0 Å². The van der Waals surface area contributed by atoms with E-state index in [1.807, 2.05) is 12.1 Å². The summed E-state index contributed by atoms with van der Waals surface area (Å²) in [4.78, 5) is 12.7. The van der Waals surface area contributed by atoms with Crippen molar-refractivity contribution in [1.29, 1.82) is 0 Å². The van der Waals surface area contributed by atoms with Gasteiger partial charge in [0.2, 0.25) is 5.88 Å². The lowest BCUT2D eigenvalue weighted by molar-refractivity contribution is 0.295. The number of benzene rings is 1. The molecule has 0 radical (unpaired) electrons. The highest BCUT2D eigenvalue weighted by atomic mass is 35.5. The van der Waals surface area contributed by atoms with Crippen molar-refractivity contribution in [2.75, 3.05) is 32.0 Å². The van der Waals surface area contributed by atoms with Crippen LogP contribution in [-0.4, -0.2) is 41.7 Å². The minimum Gasteiger partial charge on any atom is -0.493 e. The molecule has 3 aromatic rings. The van der Waals surface area contributed by atoms with E-state index in [0.29, 0.717) is 51.9 Å². The zero-order valence-electron chi connectivity index (χ0n) is 14.8. The molecule has 0 saturated heterocycles. The summed E-state index contributed by atoms with van der Waals surface area (Å²) in [7, 11) is 3.12. The van der Waals surface area contributed by atoms with Crippen LogP contribution in [0.15, 0.2) is 30.7 Å². The monoisotopic (exact) mass is 408 g/mol. The van der Waals surface area contributed by atoms with Gasteiger partial charge in [-0.3, -0.25) is 0 Å². The Morgan fingerprint density at radius 3 is 2.63 bits per heavy atom. The van der Waals surface area contributed by atoms with Gasteiger partial charge in [0.1, 0.15) is 12.1 Å². The number of anilines is 2. The molecule has 0 unspecified atom stereocenters. The van der Waals surface area contributed by atoms with Crippen LogP contribution in [0.3, 0.4) is 0 Å². The predicted octanol–water partition coefficient (Wildman–Crippen LogP) is 4.45. The Hall–Kier alpha value is -2.51. The molecule has 9 heteroatoms. The first-order valence-corrected chi connectivity index (χ1v) is 9.05. The molecule has 7 nitrogen and oxygen atoms in total. The van der Waals surface area contributed by atoms with E-state index in [1.54, 1.807) is 13.2 Å². The van der Waals surface area contributed by atoms with Crippen molar-refractivity contribution in [1.82, 2.24) is 15.0 Å². The van der Waals surface area contributed by atoms with E-state index in [1.165, 1.54) is 19.6 Å². The number of nitrogens with one attached hydrogen (secondary N) is 1. The first-order valence-electron chi connectivity index (χ1n) is 8.14. The Morgan fingerprint density at radius 2 is 1.89 bits per heavy atom. The van der Waals surface area contributed by atoms with Crippen LogP contribution in [0.2, 0.25) is 5.02 Å². The molecule has 2 heterocycles. The number of halogens is 2. The highest BCUT2D eigenvalue weighted by molar-refractivity contribution is 6.33. The molecule has 0 aliphatic heterocycles. The predicted molar refractivity (Wildman–Crippen MR) is 106 cm³/mol. The maximum Gasteiger partial charge on any atom is 0.215 e. The smallest absolute Gasteiger partial charge is 0.215 e. The van der Waals surface area contributed by atoms with E-state index in [2.05, 4.69) is 20.3 Å². The summed E-state index contributed by atoms with van der Waals surface area (Å²) in [6.07, 6.45) is 3.71. The molecule has 0 bridgehead atoms. The summed E-state index contributed by atoms with van der Waals surface area (Å²) >= 11 is 11.9. The number of nitrogens with zero attached hydrogens (tertiary/aromatic N) is 3. The molecule has 2 aromatic heterocycles. The number of fused-ring (bicyclic) bond motifs is 1. The van der Waals surface area contributed by atoms with Gasteiger partial charge in [0.25, 0.3) is 0 Å². The zero-order chi connectivity index (χ0) is 19.2. The maximum atomic E-state index is 6.23. The summed E-state index contributed by atoms with van der Waals surface area (Å²) in [6.45, 7) is 0.494. The topological polar surface area (TPSA) is 78.4 Å². The first-order chi connectivity index (χ1) is 13.2. The van der Waals surface area contributed by atoms with E-state index >= 15 is 0 Å². The summed E-state index contributed by atoms with van der Waals surface area (Å²) in [5, 5.41) is 4.39. The van der Waals surface area contributed by atoms with Gasteiger partial charge in [-0.25, -0.2) is 15.0 Å². The molecule has 3 rings (SSSR count). The Morgan fingerprint density at radius 1 is 1.04 bits per heavy atom. The van der Waals surface area contributed by atoms with Crippen molar-refractivity contribution in [3.05, 3.63) is 35.7 Å². The molecular weight excluding hydrogens is 391 g/mol. The largest absolute Gasteiger partial charge is 0.493 e. The Labute approximate surface area is 166 Å². The third-order valence-electron chi connectivity index (χ3n) is 3.75. The van der Waals surface area contributed by atoms with Crippen molar-refractivity contribution in [2.24, 2.45) is 0 Å². The highest BCUT2D eigenvalue weighted by Crippen LogP contribution is 2.36. The van der Waals surface area contributed by atoms with Gasteiger partial charge in [-0.15, -0.1) is 11.6 Å².